The van der Waals surface area contributed by atoms with Gasteiger partial charge in [-0.25, -0.2) is 4.98 Å². The Labute approximate surface area is 225 Å². The molecule has 1 fully saturated rings. The maximum atomic E-state index is 13.4. The lowest BCUT2D eigenvalue weighted by atomic mass is 10.2. The number of piperazine rings is 1. The fraction of sp³-hybridized carbons (Fsp3) is 0.320. The molecule has 0 saturated carbocycles. The number of nitrogens with zero attached hydrogens (tertiary/aromatic N) is 7. The highest BCUT2D eigenvalue weighted by Gasteiger charge is 2.31. The summed E-state index contributed by atoms with van der Waals surface area (Å²) in [6, 6.07) is 8.51. The highest BCUT2D eigenvalue weighted by molar-refractivity contribution is 7.98. The first-order valence-corrected chi connectivity index (χ1v) is 13.8. The van der Waals surface area contributed by atoms with Crippen LogP contribution in [0.4, 0.5) is 13.2 Å². The number of rotatable bonds is 7. The summed E-state index contributed by atoms with van der Waals surface area (Å²) < 4.78 is 41.9. The molecule has 1 aliphatic rings. The highest BCUT2D eigenvalue weighted by atomic mass is 32.2. The Morgan fingerprint density at radius 1 is 1.08 bits per heavy atom. The second kappa shape index (κ2) is 11.2. The van der Waals surface area contributed by atoms with Crippen LogP contribution in [0.3, 0.4) is 0 Å². The summed E-state index contributed by atoms with van der Waals surface area (Å²) in [7, 11) is 0. The lowest BCUT2D eigenvalue weighted by Crippen LogP contribution is -2.48. The minimum absolute atomic E-state index is 0.0830. The Morgan fingerprint density at radius 3 is 2.55 bits per heavy atom. The number of thiazole rings is 1. The van der Waals surface area contributed by atoms with Crippen molar-refractivity contribution in [2.24, 2.45) is 0 Å². The average Bonchev–Trinajstić information content (AvgIpc) is 3.59. The number of halogens is 3. The van der Waals surface area contributed by atoms with Gasteiger partial charge in [-0.1, -0.05) is 24.8 Å². The summed E-state index contributed by atoms with van der Waals surface area (Å²) in [5.41, 5.74) is 0.609. The molecule has 4 heterocycles. The molecule has 0 unspecified atom stereocenters. The van der Waals surface area contributed by atoms with Crippen molar-refractivity contribution in [1.82, 2.24) is 34.5 Å². The number of alkyl halides is 3. The van der Waals surface area contributed by atoms with E-state index in [2.05, 4.69) is 32.0 Å². The molecule has 0 atom stereocenters. The molecular weight excluding hydrogens is 535 g/mol. The van der Waals surface area contributed by atoms with Crippen molar-refractivity contribution in [2.45, 2.75) is 24.0 Å². The molecular formula is C25H24F3N7OS2. The van der Waals surface area contributed by atoms with Crippen LogP contribution in [0.1, 0.15) is 28.0 Å². The molecule has 0 bridgehead atoms. The zero-order valence-corrected chi connectivity index (χ0v) is 22.1. The molecule has 1 saturated heterocycles. The summed E-state index contributed by atoms with van der Waals surface area (Å²) in [6.45, 7) is 6.11. The van der Waals surface area contributed by atoms with Gasteiger partial charge >= 0.3 is 6.18 Å². The Hall–Kier alpha value is -3.29. The Kier molecular flexibility index (Phi) is 7.77. The molecule has 0 N–H and O–H groups in total. The van der Waals surface area contributed by atoms with Gasteiger partial charge in [-0.15, -0.1) is 21.5 Å². The predicted octanol–water partition coefficient (Wildman–Crippen LogP) is 4.87. The van der Waals surface area contributed by atoms with E-state index in [4.69, 9.17) is 0 Å². The molecule has 198 valence electrons. The van der Waals surface area contributed by atoms with Gasteiger partial charge in [-0.2, -0.15) is 13.2 Å². The van der Waals surface area contributed by atoms with E-state index in [0.717, 1.165) is 36.8 Å². The predicted molar refractivity (Wildman–Crippen MR) is 139 cm³/mol. The molecule has 13 heteroatoms. The van der Waals surface area contributed by atoms with E-state index in [0.29, 0.717) is 46.8 Å². The fourth-order valence-corrected chi connectivity index (χ4v) is 5.87. The zero-order valence-electron chi connectivity index (χ0n) is 20.4. The second-order valence-electron chi connectivity index (χ2n) is 8.57. The molecule has 5 rings (SSSR count). The van der Waals surface area contributed by atoms with Crippen LogP contribution in [0.5, 0.6) is 0 Å². The Bertz CT molecular complexity index is 1400. The molecule has 1 amide bonds. The van der Waals surface area contributed by atoms with Crippen LogP contribution in [0.2, 0.25) is 0 Å². The highest BCUT2D eigenvalue weighted by Crippen LogP contribution is 2.34. The van der Waals surface area contributed by atoms with Crippen LogP contribution in [-0.2, 0) is 11.9 Å². The minimum Gasteiger partial charge on any atom is -0.335 e. The molecule has 0 aliphatic carbocycles. The number of likely N-dealkylation sites (N-methyl/N-ethyl adjacent to an activating group) is 1. The summed E-state index contributed by atoms with van der Waals surface area (Å²) in [5, 5.41) is 11.4. The van der Waals surface area contributed by atoms with Crippen LogP contribution in [0.25, 0.3) is 17.1 Å². The summed E-state index contributed by atoms with van der Waals surface area (Å²) in [5.74, 6) is 0.699. The van der Waals surface area contributed by atoms with Crippen molar-refractivity contribution in [2.75, 3.05) is 32.7 Å². The molecule has 3 aromatic heterocycles. The number of pyridine rings is 1. The summed E-state index contributed by atoms with van der Waals surface area (Å²) >= 11 is 2.67. The van der Waals surface area contributed by atoms with Crippen LogP contribution in [0, 0.1) is 0 Å². The lowest BCUT2D eigenvalue weighted by molar-refractivity contribution is -0.137. The van der Waals surface area contributed by atoms with Crippen molar-refractivity contribution >= 4 is 29.0 Å². The average molecular weight is 560 g/mol. The molecule has 8 nitrogen and oxygen atoms in total. The molecule has 1 aliphatic heterocycles. The number of aromatic nitrogens is 5. The number of benzene rings is 1. The first-order valence-electron chi connectivity index (χ1n) is 12.0. The van der Waals surface area contributed by atoms with Crippen molar-refractivity contribution in [3.05, 3.63) is 70.4 Å². The monoisotopic (exact) mass is 559 g/mol. The van der Waals surface area contributed by atoms with E-state index in [-0.39, 0.29) is 5.91 Å². The standard InChI is InChI=1S/C25H24F3N7OS2/c1-2-33-10-12-34(13-11-33)23(36)20-15-37-21(30-20)16-38-24-32-31-22(17-6-8-29-9-7-17)35(24)19-5-3-4-18(14-19)25(26,27)28/h3-9,14-15H,2,10-13,16H2,1H3. The van der Waals surface area contributed by atoms with Crippen molar-refractivity contribution in [3.63, 3.8) is 0 Å². The van der Waals surface area contributed by atoms with Gasteiger partial charge in [0.15, 0.2) is 11.0 Å². The smallest absolute Gasteiger partial charge is 0.335 e. The third-order valence-corrected chi connectivity index (χ3v) is 8.18. The molecule has 4 aromatic rings. The van der Waals surface area contributed by atoms with Gasteiger partial charge in [0, 0.05) is 49.5 Å². The summed E-state index contributed by atoms with van der Waals surface area (Å²) in [6.07, 6.45) is -1.31. The first kappa shape index (κ1) is 26.3. The van der Waals surface area contributed by atoms with Crippen LogP contribution in [-0.4, -0.2) is 73.2 Å². The molecule has 38 heavy (non-hydrogen) atoms. The molecule has 0 radical (unpaired) electrons. The first-order chi connectivity index (χ1) is 18.3. The number of carbonyl (C=O) groups is 1. The maximum absolute atomic E-state index is 13.4. The van der Waals surface area contributed by atoms with E-state index < -0.39 is 11.7 Å². The van der Waals surface area contributed by atoms with Crippen molar-refractivity contribution < 1.29 is 18.0 Å². The Morgan fingerprint density at radius 2 is 1.84 bits per heavy atom. The van der Waals surface area contributed by atoms with E-state index in [1.807, 2.05) is 4.90 Å². The van der Waals surface area contributed by atoms with Gasteiger partial charge in [0.25, 0.3) is 5.91 Å². The SMILES string of the molecule is CCN1CCN(C(=O)c2csc(CSc3nnc(-c4ccncc4)n3-c3cccc(C(F)(F)F)c3)n2)CC1. The van der Waals surface area contributed by atoms with Gasteiger partial charge in [0.1, 0.15) is 10.7 Å². The van der Waals surface area contributed by atoms with E-state index in [9.17, 15) is 18.0 Å². The van der Waals surface area contributed by atoms with E-state index in [1.165, 1.54) is 29.2 Å². The van der Waals surface area contributed by atoms with Gasteiger partial charge in [0.05, 0.1) is 17.0 Å². The van der Waals surface area contributed by atoms with Gasteiger partial charge in [-0.05, 0) is 36.9 Å². The zero-order chi connectivity index (χ0) is 26.7. The number of hydrogen-bond acceptors (Lipinski definition) is 8. The number of thioether (sulfide) groups is 1. The second-order valence-corrected chi connectivity index (χ2v) is 10.5. The number of amides is 1. The van der Waals surface area contributed by atoms with Crippen LogP contribution < -0.4 is 0 Å². The Balaban J connectivity index is 1.38. The van der Waals surface area contributed by atoms with Gasteiger partial charge < -0.3 is 9.80 Å². The molecule has 1 aromatic carbocycles. The fourth-order valence-electron chi connectivity index (χ4n) is 4.14. The lowest BCUT2D eigenvalue weighted by Gasteiger charge is -2.33. The topological polar surface area (TPSA) is 80.0 Å². The normalized spacial score (nSPS) is 14.7. The minimum atomic E-state index is -4.48. The van der Waals surface area contributed by atoms with Gasteiger partial charge in [-0.3, -0.25) is 14.3 Å². The third-order valence-electron chi connectivity index (χ3n) is 6.21. The summed E-state index contributed by atoms with van der Waals surface area (Å²) in [4.78, 5) is 25.6. The van der Waals surface area contributed by atoms with Crippen molar-refractivity contribution in [1.29, 1.82) is 0 Å². The van der Waals surface area contributed by atoms with E-state index >= 15 is 0 Å². The quantitative estimate of drug-likeness (QED) is 0.299. The van der Waals surface area contributed by atoms with Crippen molar-refractivity contribution in [3.8, 4) is 17.1 Å². The van der Waals surface area contributed by atoms with E-state index in [1.54, 1.807) is 40.5 Å². The molecule has 0 spiro atoms. The van der Waals surface area contributed by atoms with Crippen LogP contribution in [0.15, 0.2) is 59.3 Å². The maximum Gasteiger partial charge on any atom is 0.416 e. The van der Waals surface area contributed by atoms with Crippen LogP contribution >= 0.6 is 23.1 Å². The largest absolute Gasteiger partial charge is 0.416 e. The number of carbonyl (C=O) groups excluding carboxylic acids is 1. The van der Waals surface area contributed by atoms with Gasteiger partial charge in [0.2, 0.25) is 0 Å². The third kappa shape index (κ3) is 5.74. The number of hydrogen-bond donors (Lipinski definition) is 0.